The van der Waals surface area contributed by atoms with Crippen LogP contribution >= 0.6 is 15.9 Å². The molecule has 0 aliphatic heterocycles. The Morgan fingerprint density at radius 2 is 2.26 bits per heavy atom. The smallest absolute Gasteiger partial charge is 0.217 e. The number of hydrogen-bond acceptors (Lipinski definition) is 3. The van der Waals surface area contributed by atoms with Crippen molar-refractivity contribution in [3.8, 4) is 0 Å². The third-order valence-corrected chi connectivity index (χ3v) is 3.47. The van der Waals surface area contributed by atoms with Gasteiger partial charge in [0.1, 0.15) is 11.3 Å². The van der Waals surface area contributed by atoms with Gasteiger partial charge in [0.2, 0.25) is 5.91 Å². The van der Waals surface area contributed by atoms with Crippen molar-refractivity contribution in [1.82, 2.24) is 5.32 Å². The highest BCUT2D eigenvalue weighted by molar-refractivity contribution is 9.10. The Labute approximate surface area is 120 Å². The molecule has 1 heterocycles. The molecule has 1 unspecified atom stereocenters. The van der Waals surface area contributed by atoms with Gasteiger partial charge >= 0.3 is 0 Å². The third kappa shape index (κ3) is 3.81. The van der Waals surface area contributed by atoms with E-state index in [0.717, 1.165) is 34.2 Å². The minimum atomic E-state index is -0.261. The molecule has 4 nitrogen and oxygen atoms in total. The molecule has 0 fully saturated rings. The van der Waals surface area contributed by atoms with Gasteiger partial charge in [0, 0.05) is 16.3 Å². The van der Waals surface area contributed by atoms with Crippen LogP contribution in [0.15, 0.2) is 33.2 Å². The zero-order valence-corrected chi connectivity index (χ0v) is 12.4. The number of carbonyl (C=O) groups excluding carboxylic acids is 1. The van der Waals surface area contributed by atoms with E-state index in [0.29, 0.717) is 6.42 Å². The zero-order chi connectivity index (χ0) is 13.8. The molecule has 0 saturated heterocycles. The molecule has 1 aromatic heterocycles. The molecule has 0 saturated carbocycles. The summed E-state index contributed by atoms with van der Waals surface area (Å²) in [5, 5.41) is 4.40. The molecule has 102 valence electrons. The molecule has 3 N–H and O–H groups in total. The van der Waals surface area contributed by atoms with Crippen molar-refractivity contribution in [3.05, 3.63) is 34.5 Å². The molecule has 0 radical (unpaired) electrons. The van der Waals surface area contributed by atoms with Crippen molar-refractivity contribution in [3.63, 3.8) is 0 Å². The summed E-state index contributed by atoms with van der Waals surface area (Å²) in [6.07, 6.45) is 1.15. The minimum Gasteiger partial charge on any atom is -0.459 e. The van der Waals surface area contributed by atoms with Crippen molar-refractivity contribution in [2.75, 3.05) is 6.54 Å². The standard InChI is InChI=1S/C14H17BrN2O2/c1-9(17-6-2-3-14(16)18)13-8-10-7-11(15)4-5-12(10)19-13/h4-5,7-9,17H,2-3,6H2,1H3,(H2,16,18). The van der Waals surface area contributed by atoms with Crippen LogP contribution in [0.3, 0.4) is 0 Å². The number of rotatable bonds is 6. The van der Waals surface area contributed by atoms with Crippen LogP contribution in [0.5, 0.6) is 0 Å². The summed E-state index contributed by atoms with van der Waals surface area (Å²) in [4.78, 5) is 10.6. The summed E-state index contributed by atoms with van der Waals surface area (Å²) >= 11 is 3.44. The molecule has 0 bridgehead atoms. The monoisotopic (exact) mass is 324 g/mol. The molecule has 1 amide bonds. The number of furan rings is 1. The molecule has 2 aromatic rings. The Bertz CT molecular complexity index is 580. The molecule has 0 spiro atoms. The van der Waals surface area contributed by atoms with Gasteiger partial charge in [-0.2, -0.15) is 0 Å². The van der Waals surface area contributed by atoms with Crippen LogP contribution in [0.4, 0.5) is 0 Å². The van der Waals surface area contributed by atoms with Gasteiger partial charge in [0.15, 0.2) is 0 Å². The maximum atomic E-state index is 10.6. The van der Waals surface area contributed by atoms with Gasteiger partial charge in [-0.25, -0.2) is 0 Å². The maximum Gasteiger partial charge on any atom is 0.217 e. The highest BCUT2D eigenvalue weighted by Crippen LogP contribution is 2.26. The Balaban J connectivity index is 1.97. The van der Waals surface area contributed by atoms with E-state index in [4.69, 9.17) is 10.2 Å². The predicted octanol–water partition coefficient (Wildman–Crippen LogP) is 3.11. The Hall–Kier alpha value is -1.33. The van der Waals surface area contributed by atoms with E-state index in [1.54, 1.807) is 0 Å². The van der Waals surface area contributed by atoms with E-state index in [2.05, 4.69) is 21.2 Å². The number of halogens is 1. The molecule has 2 rings (SSSR count). The Morgan fingerprint density at radius 1 is 1.47 bits per heavy atom. The third-order valence-electron chi connectivity index (χ3n) is 2.97. The molecule has 1 aromatic carbocycles. The van der Waals surface area contributed by atoms with E-state index in [9.17, 15) is 4.79 Å². The highest BCUT2D eigenvalue weighted by Gasteiger charge is 2.11. The van der Waals surface area contributed by atoms with E-state index in [-0.39, 0.29) is 11.9 Å². The number of benzene rings is 1. The quantitative estimate of drug-likeness (QED) is 0.802. The topological polar surface area (TPSA) is 68.3 Å². The van der Waals surface area contributed by atoms with E-state index >= 15 is 0 Å². The second kappa shape index (κ2) is 6.21. The Kier molecular flexibility index (Phi) is 4.61. The minimum absolute atomic E-state index is 0.110. The van der Waals surface area contributed by atoms with Gasteiger partial charge in [-0.1, -0.05) is 15.9 Å². The van der Waals surface area contributed by atoms with Gasteiger partial charge < -0.3 is 15.5 Å². The number of nitrogens with one attached hydrogen (secondary N) is 1. The van der Waals surface area contributed by atoms with Gasteiger partial charge in [0.05, 0.1) is 6.04 Å². The molecule has 5 heteroatoms. The van der Waals surface area contributed by atoms with Crippen LogP contribution in [0, 0.1) is 0 Å². The van der Waals surface area contributed by atoms with E-state index in [1.807, 2.05) is 31.2 Å². The number of hydrogen-bond donors (Lipinski definition) is 2. The van der Waals surface area contributed by atoms with Gasteiger partial charge in [-0.3, -0.25) is 4.79 Å². The van der Waals surface area contributed by atoms with Crippen molar-refractivity contribution in [2.24, 2.45) is 5.73 Å². The summed E-state index contributed by atoms with van der Waals surface area (Å²) in [6, 6.07) is 8.08. The van der Waals surface area contributed by atoms with Crippen LogP contribution in [0.1, 0.15) is 31.6 Å². The summed E-state index contributed by atoms with van der Waals surface area (Å²) in [6.45, 7) is 2.78. The van der Waals surface area contributed by atoms with Gasteiger partial charge in [-0.05, 0) is 44.2 Å². The van der Waals surface area contributed by atoms with Crippen molar-refractivity contribution in [2.45, 2.75) is 25.8 Å². The first-order valence-electron chi connectivity index (χ1n) is 6.27. The van der Waals surface area contributed by atoms with Crippen molar-refractivity contribution in [1.29, 1.82) is 0 Å². The summed E-state index contributed by atoms with van der Waals surface area (Å²) in [5.41, 5.74) is 5.97. The second-order valence-electron chi connectivity index (χ2n) is 4.58. The number of primary amides is 1. The Morgan fingerprint density at radius 3 is 3.00 bits per heavy atom. The fourth-order valence-electron chi connectivity index (χ4n) is 1.93. The molecule has 0 aliphatic rings. The zero-order valence-electron chi connectivity index (χ0n) is 10.8. The second-order valence-corrected chi connectivity index (χ2v) is 5.49. The average molecular weight is 325 g/mol. The van der Waals surface area contributed by atoms with Crippen molar-refractivity contribution < 1.29 is 9.21 Å². The van der Waals surface area contributed by atoms with Crippen LogP contribution in [-0.2, 0) is 4.79 Å². The van der Waals surface area contributed by atoms with Crippen LogP contribution in [0.2, 0.25) is 0 Å². The number of amides is 1. The maximum absolute atomic E-state index is 10.6. The van der Waals surface area contributed by atoms with E-state index in [1.165, 1.54) is 0 Å². The summed E-state index contributed by atoms with van der Waals surface area (Å²) < 4.78 is 6.82. The van der Waals surface area contributed by atoms with Gasteiger partial charge in [0.25, 0.3) is 0 Å². The number of carbonyl (C=O) groups is 1. The number of nitrogens with two attached hydrogens (primary N) is 1. The molecular formula is C14H17BrN2O2. The van der Waals surface area contributed by atoms with Crippen molar-refractivity contribution >= 4 is 32.8 Å². The summed E-state index contributed by atoms with van der Waals surface area (Å²) in [7, 11) is 0. The molecule has 1 atom stereocenters. The normalized spacial score (nSPS) is 12.7. The average Bonchev–Trinajstić information content (AvgIpc) is 2.77. The largest absolute Gasteiger partial charge is 0.459 e. The van der Waals surface area contributed by atoms with Crippen LogP contribution < -0.4 is 11.1 Å². The lowest BCUT2D eigenvalue weighted by atomic mass is 10.2. The lowest BCUT2D eigenvalue weighted by Crippen LogP contribution is -2.21. The fourth-order valence-corrected chi connectivity index (χ4v) is 2.31. The van der Waals surface area contributed by atoms with Crippen LogP contribution in [0.25, 0.3) is 11.0 Å². The number of fused-ring (bicyclic) bond motifs is 1. The van der Waals surface area contributed by atoms with E-state index < -0.39 is 0 Å². The van der Waals surface area contributed by atoms with Crippen LogP contribution in [-0.4, -0.2) is 12.5 Å². The highest BCUT2D eigenvalue weighted by atomic mass is 79.9. The molecular weight excluding hydrogens is 308 g/mol. The first kappa shape index (κ1) is 14.1. The summed E-state index contributed by atoms with van der Waals surface area (Å²) in [5.74, 6) is 0.634. The lowest BCUT2D eigenvalue weighted by Gasteiger charge is -2.10. The lowest BCUT2D eigenvalue weighted by molar-refractivity contribution is -0.118. The molecule has 19 heavy (non-hydrogen) atoms. The predicted molar refractivity (Wildman–Crippen MR) is 78.8 cm³/mol. The SMILES string of the molecule is CC(NCCCC(N)=O)c1cc2cc(Br)ccc2o1. The fraction of sp³-hybridized carbons (Fsp3) is 0.357. The molecule has 0 aliphatic carbocycles. The first-order chi connectivity index (χ1) is 9.06. The first-order valence-corrected chi connectivity index (χ1v) is 7.06. The van der Waals surface area contributed by atoms with Gasteiger partial charge in [-0.15, -0.1) is 0 Å².